The summed E-state index contributed by atoms with van der Waals surface area (Å²) in [6.07, 6.45) is 9.22. The Labute approximate surface area is 235 Å². The van der Waals surface area contributed by atoms with Crippen molar-refractivity contribution >= 4 is 35.0 Å². The van der Waals surface area contributed by atoms with Gasteiger partial charge in [0, 0.05) is 38.2 Å². The van der Waals surface area contributed by atoms with Gasteiger partial charge in [-0.1, -0.05) is 60.7 Å². The number of carbonyl (C=O) groups is 2. The lowest BCUT2D eigenvalue weighted by Gasteiger charge is -2.46. The first-order valence-corrected chi connectivity index (χ1v) is 14.3. The lowest BCUT2D eigenvalue weighted by Crippen LogP contribution is -2.56. The highest BCUT2D eigenvalue weighted by molar-refractivity contribution is 6.31. The van der Waals surface area contributed by atoms with Gasteiger partial charge in [0.25, 0.3) is 5.91 Å². The molecule has 0 aromatic heterocycles. The van der Waals surface area contributed by atoms with Gasteiger partial charge in [0.15, 0.2) is 0 Å². The van der Waals surface area contributed by atoms with E-state index >= 15 is 0 Å². The van der Waals surface area contributed by atoms with Gasteiger partial charge in [-0.25, -0.2) is 0 Å². The summed E-state index contributed by atoms with van der Waals surface area (Å²) in [4.78, 5) is 29.9. The fraction of sp³-hybridized carbons (Fsp3) is 0.419. The molecule has 0 saturated carbocycles. The normalized spacial score (nSPS) is 23.3. The quantitative estimate of drug-likeness (QED) is 0.485. The standard InChI is InChI=1S/C31H35Cl2N3O2/c1-35(30(38)22-7-3-2-4-8-22)21-25(23-11-12-27(32)28(33)19-23)13-16-36-17-14-31(15-18-36)26-10-6-5-9-24(26)20-29(37)34-31/h2-12,19,25,27-28H,13-18,20-21H2,1H3,(H,34,37). The number of halogens is 2. The molecule has 2 heterocycles. The van der Waals surface area contributed by atoms with Crippen LogP contribution in [0.3, 0.4) is 0 Å². The summed E-state index contributed by atoms with van der Waals surface area (Å²) in [5, 5.41) is 2.84. The number of benzene rings is 2. The highest BCUT2D eigenvalue weighted by Crippen LogP contribution is 2.38. The monoisotopic (exact) mass is 551 g/mol. The molecule has 2 aromatic carbocycles. The Morgan fingerprint density at radius 2 is 1.79 bits per heavy atom. The largest absolute Gasteiger partial charge is 0.346 e. The number of rotatable bonds is 7. The maximum absolute atomic E-state index is 13.1. The Bertz CT molecular complexity index is 1220. The molecule has 3 atom stereocenters. The van der Waals surface area contributed by atoms with Crippen LogP contribution in [0.2, 0.25) is 0 Å². The number of alkyl halides is 2. The van der Waals surface area contributed by atoms with Crippen LogP contribution in [-0.2, 0) is 16.8 Å². The number of nitrogens with zero attached hydrogens (tertiary/aromatic N) is 2. The van der Waals surface area contributed by atoms with E-state index in [0.29, 0.717) is 18.5 Å². The van der Waals surface area contributed by atoms with E-state index in [-0.39, 0.29) is 34.0 Å². The second kappa shape index (κ2) is 11.6. The molecule has 3 aliphatic rings. The average Bonchev–Trinajstić information content (AvgIpc) is 2.93. The molecular weight excluding hydrogens is 517 g/mol. The maximum atomic E-state index is 13.1. The molecule has 7 heteroatoms. The molecule has 1 saturated heterocycles. The summed E-state index contributed by atoms with van der Waals surface area (Å²) in [6, 6.07) is 17.8. The van der Waals surface area contributed by atoms with E-state index in [2.05, 4.69) is 34.5 Å². The number of allylic oxidation sites excluding steroid dienone is 3. The lowest BCUT2D eigenvalue weighted by atomic mass is 9.75. The van der Waals surface area contributed by atoms with Crippen molar-refractivity contribution in [1.29, 1.82) is 0 Å². The van der Waals surface area contributed by atoms with Crippen molar-refractivity contribution in [3.63, 3.8) is 0 Å². The minimum atomic E-state index is -0.265. The summed E-state index contributed by atoms with van der Waals surface area (Å²) in [5.74, 6) is 0.271. The number of piperidine rings is 1. The minimum Gasteiger partial charge on any atom is -0.346 e. The van der Waals surface area contributed by atoms with Crippen molar-refractivity contribution in [2.24, 2.45) is 5.92 Å². The number of carbonyl (C=O) groups excluding carboxylic acids is 2. The minimum absolute atomic E-state index is 0.0141. The molecule has 2 amide bonds. The predicted molar refractivity (Wildman–Crippen MR) is 154 cm³/mol. The van der Waals surface area contributed by atoms with Crippen molar-refractivity contribution in [1.82, 2.24) is 15.1 Å². The zero-order valence-corrected chi connectivity index (χ0v) is 23.3. The van der Waals surface area contributed by atoms with E-state index in [0.717, 1.165) is 50.0 Å². The van der Waals surface area contributed by atoms with Gasteiger partial charge < -0.3 is 15.1 Å². The molecule has 1 fully saturated rings. The molecule has 1 spiro atoms. The summed E-state index contributed by atoms with van der Waals surface area (Å²) in [7, 11) is 1.87. The Kier molecular flexibility index (Phi) is 8.27. The van der Waals surface area contributed by atoms with E-state index in [1.807, 2.05) is 60.5 Å². The zero-order valence-electron chi connectivity index (χ0n) is 21.8. The summed E-state index contributed by atoms with van der Waals surface area (Å²) in [6.45, 7) is 3.33. The van der Waals surface area contributed by atoms with E-state index < -0.39 is 0 Å². The van der Waals surface area contributed by atoms with E-state index in [1.54, 1.807) is 0 Å². The average molecular weight is 553 g/mol. The van der Waals surface area contributed by atoms with Crippen LogP contribution in [0.4, 0.5) is 0 Å². The first kappa shape index (κ1) is 27.0. The number of amides is 2. The first-order chi connectivity index (χ1) is 18.3. The van der Waals surface area contributed by atoms with Crippen molar-refractivity contribution < 1.29 is 9.59 Å². The van der Waals surface area contributed by atoms with Crippen LogP contribution in [0, 0.1) is 5.92 Å². The molecule has 2 aliphatic heterocycles. The molecule has 0 radical (unpaired) electrons. The van der Waals surface area contributed by atoms with E-state index in [1.165, 1.54) is 5.56 Å². The second-order valence-corrected chi connectivity index (χ2v) is 11.8. The smallest absolute Gasteiger partial charge is 0.253 e. The Morgan fingerprint density at radius 3 is 2.53 bits per heavy atom. The number of hydrogen-bond donors (Lipinski definition) is 1. The van der Waals surface area contributed by atoms with Crippen LogP contribution in [0.5, 0.6) is 0 Å². The molecule has 3 unspecified atom stereocenters. The van der Waals surface area contributed by atoms with Crippen LogP contribution in [0.25, 0.3) is 0 Å². The highest BCUT2D eigenvalue weighted by Gasteiger charge is 2.41. The lowest BCUT2D eigenvalue weighted by molar-refractivity contribution is -0.124. The molecule has 5 rings (SSSR count). The maximum Gasteiger partial charge on any atom is 0.253 e. The molecule has 2 aromatic rings. The van der Waals surface area contributed by atoms with Crippen LogP contribution >= 0.6 is 23.2 Å². The van der Waals surface area contributed by atoms with Gasteiger partial charge in [-0.05, 0) is 54.6 Å². The van der Waals surface area contributed by atoms with Gasteiger partial charge >= 0.3 is 0 Å². The van der Waals surface area contributed by atoms with Gasteiger partial charge in [0.1, 0.15) is 0 Å². The van der Waals surface area contributed by atoms with Crippen LogP contribution < -0.4 is 5.32 Å². The van der Waals surface area contributed by atoms with E-state index in [9.17, 15) is 9.59 Å². The van der Waals surface area contributed by atoms with E-state index in [4.69, 9.17) is 23.2 Å². The van der Waals surface area contributed by atoms with Crippen LogP contribution in [0.1, 0.15) is 40.7 Å². The predicted octanol–water partition coefficient (Wildman–Crippen LogP) is 5.14. The SMILES string of the molecule is CN(CC(CCN1CCC2(CC1)NC(=O)Cc1ccccc12)C1=CC(Cl)C(Cl)C=C1)C(=O)c1ccccc1. The van der Waals surface area contributed by atoms with Gasteiger partial charge in [0.2, 0.25) is 5.91 Å². The highest BCUT2D eigenvalue weighted by atomic mass is 35.5. The Morgan fingerprint density at radius 1 is 1.08 bits per heavy atom. The number of hydrogen-bond acceptors (Lipinski definition) is 3. The second-order valence-electron chi connectivity index (χ2n) is 10.8. The number of fused-ring (bicyclic) bond motifs is 2. The number of nitrogens with one attached hydrogen (secondary N) is 1. The van der Waals surface area contributed by atoms with Crippen molar-refractivity contribution in [2.45, 2.75) is 42.0 Å². The van der Waals surface area contributed by atoms with Gasteiger partial charge in [-0.3, -0.25) is 9.59 Å². The van der Waals surface area contributed by atoms with Gasteiger partial charge in [-0.15, -0.1) is 23.2 Å². The van der Waals surface area contributed by atoms with Crippen molar-refractivity contribution in [3.05, 3.63) is 95.1 Å². The Hall–Kier alpha value is -2.60. The fourth-order valence-electron chi connectivity index (χ4n) is 6.07. The van der Waals surface area contributed by atoms with Crippen LogP contribution in [-0.4, -0.2) is 65.6 Å². The van der Waals surface area contributed by atoms with Crippen LogP contribution in [0.15, 0.2) is 78.4 Å². The van der Waals surface area contributed by atoms with Gasteiger partial charge in [0.05, 0.1) is 22.7 Å². The van der Waals surface area contributed by atoms with Gasteiger partial charge in [-0.2, -0.15) is 0 Å². The topological polar surface area (TPSA) is 52.6 Å². The third kappa shape index (κ3) is 5.85. The summed E-state index contributed by atoms with van der Waals surface area (Å²) < 4.78 is 0. The molecule has 38 heavy (non-hydrogen) atoms. The third-order valence-electron chi connectivity index (χ3n) is 8.23. The molecular formula is C31H35Cl2N3O2. The molecule has 0 bridgehead atoms. The number of likely N-dealkylation sites (tertiary alicyclic amines) is 1. The third-order valence-corrected chi connectivity index (χ3v) is 9.17. The van der Waals surface area contributed by atoms with Crippen molar-refractivity contribution in [3.8, 4) is 0 Å². The molecule has 1 aliphatic carbocycles. The summed E-state index contributed by atoms with van der Waals surface area (Å²) >= 11 is 12.8. The summed E-state index contributed by atoms with van der Waals surface area (Å²) in [5.41, 5.74) is 3.99. The molecule has 1 N–H and O–H groups in total. The van der Waals surface area contributed by atoms with Crippen molar-refractivity contribution in [2.75, 3.05) is 33.2 Å². The fourth-order valence-corrected chi connectivity index (χ4v) is 6.45. The zero-order chi connectivity index (χ0) is 26.7. The Balaban J connectivity index is 1.25. The molecule has 200 valence electrons. The molecule has 5 nitrogen and oxygen atoms in total. The first-order valence-electron chi connectivity index (χ1n) is 13.4.